The Hall–Kier alpha value is -3.84. The molecule has 6 heterocycles. The van der Waals surface area contributed by atoms with E-state index in [-0.39, 0.29) is 18.9 Å². The van der Waals surface area contributed by atoms with E-state index < -0.39 is 183 Å². The Balaban J connectivity index is 1.27. The summed E-state index contributed by atoms with van der Waals surface area (Å²) in [5.74, 6) is -3.76. The summed E-state index contributed by atoms with van der Waals surface area (Å²) < 4.78 is 89.7. The standard InChI is InChI=1S/C69H110O25/c1-10-12-14-15-17-21-29-35-47(71)89-63-62(94-65-53(77)51(75)49(73)39(5)81-65)58(92-68-61(88-48(72)37-36-44-30-25-23-26-31-44)54(78)56(41(7)84-68)90-64(80)38(3)4)43(9)85-69(63)91-57-42(8)83-66-55(79)59(57)87-46(70)34-28-22-19-16-18-20-27-33-45(32-24-13-11-2)86-67-60(93-66)52(76)50(74)40(6)82-67/h23,25-26,30-31,36-43,45,49-63,65-69,73-79H,10-22,24,27-29,32-35H2,1-9H3/b37-36+/t39-,40+,41-,42-,43-,45-,49-,50-,51+,52-,53+,54+,55+,56-,57-,58-,59-,60+,61+,62+,63+,65-,66-,67-,68-,69-/m0/s1. The highest BCUT2D eigenvalue weighted by atomic mass is 16.8. The van der Waals surface area contributed by atoms with Gasteiger partial charge in [0.1, 0.15) is 67.1 Å². The van der Waals surface area contributed by atoms with Gasteiger partial charge in [0.25, 0.3) is 0 Å². The maximum atomic E-state index is 14.5. The number of benzene rings is 1. The molecule has 25 nitrogen and oxygen atoms in total. The van der Waals surface area contributed by atoms with Crippen LogP contribution in [0.2, 0.25) is 0 Å². The van der Waals surface area contributed by atoms with Crippen LogP contribution < -0.4 is 0 Å². The van der Waals surface area contributed by atoms with Crippen LogP contribution in [0.5, 0.6) is 0 Å². The van der Waals surface area contributed by atoms with Gasteiger partial charge in [0.15, 0.2) is 55.9 Å². The SMILES string of the molecule is CCCCCCCCCC(=O)O[C@H]1[C@H](O[C@@H]2[C@H]3OC(=O)CCCCCCCCC[C@H](CCCCC)O[C@@H]4O[C@H](C)[C@H](O)[C@H](O)[C@H]4O[C@H](O[C@H]2C)[C@@H]3O)O[C@@H](C)[C@H](O[C@@H]2O[C@@H](C)[C@H](OC(=O)C(C)C)[C@@H](O)[C@H]2OC(=O)/C=C/c2ccccc2)[C@H]1O[C@@H]1O[C@@H](C)[C@H](O)[C@@H](O)[C@H]1O. The molecule has 6 aliphatic heterocycles. The van der Waals surface area contributed by atoms with E-state index in [0.717, 1.165) is 96.0 Å². The van der Waals surface area contributed by atoms with Gasteiger partial charge in [-0.2, -0.15) is 0 Å². The van der Waals surface area contributed by atoms with Crippen LogP contribution in [0.15, 0.2) is 36.4 Å². The third-order valence-corrected chi connectivity index (χ3v) is 18.6. The number of carbonyl (C=O) groups is 4. The lowest BCUT2D eigenvalue weighted by Crippen LogP contribution is -2.68. The van der Waals surface area contributed by atoms with Crippen LogP contribution in [0.25, 0.3) is 6.08 Å². The van der Waals surface area contributed by atoms with Crippen LogP contribution >= 0.6 is 0 Å². The van der Waals surface area contributed by atoms with Crippen molar-refractivity contribution in [3.63, 3.8) is 0 Å². The van der Waals surface area contributed by atoms with Crippen molar-refractivity contribution < 1.29 is 121 Å². The van der Waals surface area contributed by atoms with Crippen LogP contribution in [0.4, 0.5) is 0 Å². The minimum atomic E-state index is -1.95. The fraction of sp³-hybridized carbons (Fsp3) is 0.826. The summed E-state index contributed by atoms with van der Waals surface area (Å²) in [4.78, 5) is 55.6. The third kappa shape index (κ3) is 21.8. The summed E-state index contributed by atoms with van der Waals surface area (Å²) in [5, 5.41) is 81.5. The van der Waals surface area contributed by atoms with Gasteiger partial charge in [-0.25, -0.2) is 4.79 Å². The Labute approximate surface area is 553 Å². The molecule has 25 heteroatoms. The zero-order valence-electron chi connectivity index (χ0n) is 56.5. The largest absolute Gasteiger partial charge is 0.456 e. The molecule has 6 aliphatic rings. The molecular weight excluding hydrogens is 1230 g/mol. The summed E-state index contributed by atoms with van der Waals surface area (Å²) in [6, 6.07) is 8.84. The maximum absolute atomic E-state index is 14.5. The average molecular weight is 1340 g/mol. The van der Waals surface area contributed by atoms with Crippen LogP contribution in [-0.4, -0.2) is 219 Å². The minimum Gasteiger partial charge on any atom is -0.456 e. The number of carbonyl (C=O) groups excluding carboxylic acids is 4. The van der Waals surface area contributed by atoms with E-state index in [4.69, 9.17) is 66.3 Å². The van der Waals surface area contributed by atoms with E-state index in [1.165, 1.54) is 26.8 Å². The third-order valence-electron chi connectivity index (χ3n) is 18.6. The zero-order chi connectivity index (χ0) is 68.2. The monoisotopic (exact) mass is 1340 g/mol. The first kappa shape index (κ1) is 77.5. The molecule has 0 aromatic heterocycles. The predicted octanol–water partition coefficient (Wildman–Crippen LogP) is 6.42. The summed E-state index contributed by atoms with van der Waals surface area (Å²) in [7, 11) is 0. The second-order valence-electron chi connectivity index (χ2n) is 26.6. The number of hydrogen-bond acceptors (Lipinski definition) is 25. The summed E-state index contributed by atoms with van der Waals surface area (Å²) in [5.41, 5.74) is 0.643. The predicted molar refractivity (Wildman–Crippen MR) is 336 cm³/mol. The van der Waals surface area contributed by atoms with Gasteiger partial charge in [0, 0.05) is 18.9 Å². The van der Waals surface area contributed by atoms with Crippen molar-refractivity contribution in [1.82, 2.24) is 0 Å². The van der Waals surface area contributed by atoms with Gasteiger partial charge >= 0.3 is 23.9 Å². The van der Waals surface area contributed by atoms with Crippen molar-refractivity contribution in [2.75, 3.05) is 0 Å². The lowest BCUT2D eigenvalue weighted by atomic mass is 9.95. The van der Waals surface area contributed by atoms with E-state index in [0.29, 0.717) is 37.7 Å². The van der Waals surface area contributed by atoms with Gasteiger partial charge in [0.05, 0.1) is 42.5 Å². The Bertz CT molecular complexity index is 2440. The van der Waals surface area contributed by atoms with E-state index in [1.54, 1.807) is 58.0 Å². The molecule has 94 heavy (non-hydrogen) atoms. The average Bonchev–Trinajstić information content (AvgIpc) is 0.771. The fourth-order valence-corrected chi connectivity index (χ4v) is 12.8. The van der Waals surface area contributed by atoms with Gasteiger partial charge in [-0.05, 0) is 71.9 Å². The topological polar surface area (TPSA) is 339 Å². The first-order valence-electron chi connectivity index (χ1n) is 34.9. The molecule has 0 amide bonds. The van der Waals surface area contributed by atoms with Crippen LogP contribution in [-0.2, 0) is 85.5 Å². The lowest BCUT2D eigenvalue weighted by Gasteiger charge is -2.51. The number of aliphatic hydroxyl groups excluding tert-OH is 7. The smallest absolute Gasteiger partial charge is 0.331 e. The highest BCUT2D eigenvalue weighted by molar-refractivity contribution is 5.87. The molecule has 7 N–H and O–H groups in total. The molecule has 0 spiro atoms. The number of aliphatic hydroxyl groups is 7. The summed E-state index contributed by atoms with van der Waals surface area (Å²) >= 11 is 0. The highest BCUT2D eigenvalue weighted by Gasteiger charge is 2.59. The van der Waals surface area contributed by atoms with Gasteiger partial charge in [0.2, 0.25) is 0 Å². The first-order chi connectivity index (χ1) is 45.0. The summed E-state index contributed by atoms with van der Waals surface area (Å²) in [6.45, 7) is 15.0. The van der Waals surface area contributed by atoms with E-state index >= 15 is 0 Å². The van der Waals surface area contributed by atoms with Crippen molar-refractivity contribution in [1.29, 1.82) is 0 Å². The Kier molecular flexibility index (Phi) is 31.7. The quantitative estimate of drug-likeness (QED) is 0.0254. The van der Waals surface area contributed by atoms with E-state index in [1.807, 2.05) is 0 Å². The fourth-order valence-electron chi connectivity index (χ4n) is 12.8. The zero-order valence-corrected chi connectivity index (χ0v) is 56.5. The van der Waals surface area contributed by atoms with Crippen molar-refractivity contribution in [2.24, 2.45) is 5.92 Å². The van der Waals surface area contributed by atoms with Crippen LogP contribution in [0.3, 0.4) is 0 Å². The Morgan fingerprint density at radius 1 is 0.500 bits per heavy atom. The normalized spacial score (nSPS) is 39.1. The first-order valence-corrected chi connectivity index (χ1v) is 34.9. The summed E-state index contributed by atoms with van der Waals surface area (Å²) in [6.07, 6.45) is -20.8. The molecule has 1 aromatic carbocycles. The van der Waals surface area contributed by atoms with Gasteiger partial charge in [-0.1, -0.05) is 154 Å². The van der Waals surface area contributed by atoms with Gasteiger partial charge in [-0.3, -0.25) is 14.4 Å². The maximum Gasteiger partial charge on any atom is 0.331 e. The molecule has 0 radical (unpaired) electrons. The van der Waals surface area contributed by atoms with Crippen molar-refractivity contribution in [3.05, 3.63) is 42.0 Å². The van der Waals surface area contributed by atoms with Crippen molar-refractivity contribution in [3.8, 4) is 0 Å². The number of hydrogen-bond donors (Lipinski definition) is 7. The van der Waals surface area contributed by atoms with Gasteiger partial charge < -0.3 is 102 Å². The molecule has 26 atom stereocenters. The number of fused-ring (bicyclic) bond motifs is 3. The molecule has 1 aromatic rings. The van der Waals surface area contributed by atoms with E-state index in [2.05, 4.69) is 13.8 Å². The number of unbranched alkanes of at least 4 members (excludes halogenated alkanes) is 8. The molecule has 536 valence electrons. The van der Waals surface area contributed by atoms with Gasteiger partial charge in [-0.15, -0.1) is 0 Å². The number of rotatable bonds is 24. The van der Waals surface area contributed by atoms with E-state index in [9.17, 15) is 54.9 Å². The van der Waals surface area contributed by atoms with Crippen LogP contribution in [0, 0.1) is 5.92 Å². The Morgan fingerprint density at radius 3 is 1.76 bits per heavy atom. The molecular formula is C69H110O25. The lowest BCUT2D eigenvalue weighted by molar-refractivity contribution is -0.399. The second kappa shape index (κ2) is 38.5. The molecule has 0 unspecified atom stereocenters. The second-order valence-corrected chi connectivity index (χ2v) is 26.6. The molecule has 0 saturated carbocycles. The van der Waals surface area contributed by atoms with Crippen molar-refractivity contribution >= 4 is 30.0 Å². The number of ether oxygens (including phenoxy) is 14. The minimum absolute atomic E-state index is 0.0458. The van der Waals surface area contributed by atoms with Crippen LogP contribution in [0.1, 0.15) is 203 Å². The molecule has 0 aliphatic carbocycles. The highest BCUT2D eigenvalue weighted by Crippen LogP contribution is 2.40. The number of esters is 4. The molecule has 7 rings (SSSR count). The molecule has 6 saturated heterocycles. The Morgan fingerprint density at radius 2 is 1.06 bits per heavy atom. The van der Waals surface area contributed by atoms with Crippen molar-refractivity contribution in [2.45, 2.75) is 357 Å². The molecule has 6 fully saturated rings. The molecule has 2 bridgehead atoms.